The Morgan fingerprint density at radius 2 is 1.95 bits per heavy atom. The molecule has 1 aromatic carbocycles. The molecule has 2 rings (SSSR count). The molecule has 0 aliphatic heterocycles. The molecule has 1 aliphatic carbocycles. The fourth-order valence-electron chi connectivity index (χ4n) is 2.21. The van der Waals surface area contributed by atoms with Crippen LogP contribution in [-0.4, -0.2) is 23.4 Å². The van der Waals surface area contributed by atoms with Crippen molar-refractivity contribution in [3.05, 3.63) is 29.8 Å². The summed E-state index contributed by atoms with van der Waals surface area (Å²) in [7, 11) is 0. The Hall–Kier alpha value is -1.51. The SMILES string of the molecule is CC(C)CCN(C(=O)Cc1ccc(N)cc1)C1CC1. The van der Waals surface area contributed by atoms with Gasteiger partial charge < -0.3 is 10.6 Å². The fraction of sp³-hybridized carbons (Fsp3) is 0.562. The quantitative estimate of drug-likeness (QED) is 0.799. The molecule has 1 saturated carbocycles. The van der Waals surface area contributed by atoms with Gasteiger partial charge in [-0.05, 0) is 42.9 Å². The first-order valence-electron chi connectivity index (χ1n) is 7.20. The molecule has 1 amide bonds. The van der Waals surface area contributed by atoms with E-state index < -0.39 is 0 Å². The molecule has 0 bridgehead atoms. The van der Waals surface area contributed by atoms with Crippen molar-refractivity contribution in [3.63, 3.8) is 0 Å². The first-order chi connectivity index (χ1) is 9.06. The Bertz CT molecular complexity index is 421. The minimum absolute atomic E-state index is 0.257. The van der Waals surface area contributed by atoms with E-state index in [1.807, 2.05) is 24.3 Å². The Morgan fingerprint density at radius 1 is 1.32 bits per heavy atom. The summed E-state index contributed by atoms with van der Waals surface area (Å²) in [6, 6.07) is 8.11. The van der Waals surface area contributed by atoms with Crippen molar-refractivity contribution in [2.75, 3.05) is 12.3 Å². The Labute approximate surface area is 115 Å². The number of carbonyl (C=O) groups is 1. The van der Waals surface area contributed by atoms with Gasteiger partial charge in [-0.2, -0.15) is 0 Å². The van der Waals surface area contributed by atoms with Gasteiger partial charge in [-0.25, -0.2) is 0 Å². The third-order valence-electron chi connectivity index (χ3n) is 3.59. The van der Waals surface area contributed by atoms with Crippen molar-refractivity contribution in [2.45, 2.75) is 45.6 Å². The van der Waals surface area contributed by atoms with Gasteiger partial charge in [-0.15, -0.1) is 0 Å². The minimum Gasteiger partial charge on any atom is -0.399 e. The molecule has 1 fully saturated rings. The molecule has 0 heterocycles. The van der Waals surface area contributed by atoms with E-state index in [9.17, 15) is 4.79 Å². The number of hydrogen-bond acceptors (Lipinski definition) is 2. The molecule has 0 saturated heterocycles. The third-order valence-corrected chi connectivity index (χ3v) is 3.59. The predicted octanol–water partition coefficient (Wildman–Crippen LogP) is 2.85. The van der Waals surface area contributed by atoms with Crippen LogP contribution in [0.1, 0.15) is 38.7 Å². The van der Waals surface area contributed by atoms with Gasteiger partial charge in [0, 0.05) is 18.3 Å². The number of rotatable bonds is 6. The molecule has 0 radical (unpaired) electrons. The van der Waals surface area contributed by atoms with Crippen LogP contribution in [-0.2, 0) is 11.2 Å². The Morgan fingerprint density at radius 3 is 2.47 bits per heavy atom. The van der Waals surface area contributed by atoms with Crippen LogP contribution in [0.3, 0.4) is 0 Å². The van der Waals surface area contributed by atoms with E-state index in [2.05, 4.69) is 18.7 Å². The normalized spacial score (nSPS) is 14.7. The highest BCUT2D eigenvalue weighted by atomic mass is 16.2. The number of amides is 1. The molecular formula is C16H24N2O. The first-order valence-corrected chi connectivity index (χ1v) is 7.20. The average molecular weight is 260 g/mol. The maximum Gasteiger partial charge on any atom is 0.227 e. The molecule has 0 unspecified atom stereocenters. The summed E-state index contributed by atoms with van der Waals surface area (Å²) in [5.74, 6) is 0.901. The summed E-state index contributed by atoms with van der Waals surface area (Å²) in [5, 5.41) is 0. The van der Waals surface area contributed by atoms with E-state index in [0.717, 1.165) is 24.2 Å². The van der Waals surface area contributed by atoms with Crippen molar-refractivity contribution < 1.29 is 4.79 Å². The maximum absolute atomic E-state index is 12.4. The highest BCUT2D eigenvalue weighted by Crippen LogP contribution is 2.28. The number of benzene rings is 1. The Kier molecular flexibility index (Phi) is 4.46. The van der Waals surface area contributed by atoms with Gasteiger partial charge in [0.1, 0.15) is 0 Å². The van der Waals surface area contributed by atoms with Crippen LogP contribution in [0.5, 0.6) is 0 Å². The molecule has 1 aromatic rings. The lowest BCUT2D eigenvalue weighted by Crippen LogP contribution is -2.35. The van der Waals surface area contributed by atoms with Crippen LogP contribution in [0.25, 0.3) is 0 Å². The summed E-state index contributed by atoms with van der Waals surface area (Å²) in [6.45, 7) is 5.31. The van der Waals surface area contributed by atoms with Crippen LogP contribution >= 0.6 is 0 Å². The number of carbonyl (C=O) groups excluding carboxylic acids is 1. The van der Waals surface area contributed by atoms with Gasteiger partial charge in [0.2, 0.25) is 5.91 Å². The van der Waals surface area contributed by atoms with Crippen molar-refractivity contribution in [1.82, 2.24) is 4.90 Å². The number of hydrogen-bond donors (Lipinski definition) is 1. The van der Waals surface area contributed by atoms with Gasteiger partial charge >= 0.3 is 0 Å². The largest absolute Gasteiger partial charge is 0.399 e. The predicted molar refractivity (Wildman–Crippen MR) is 78.7 cm³/mol. The highest BCUT2D eigenvalue weighted by Gasteiger charge is 2.31. The van der Waals surface area contributed by atoms with E-state index in [-0.39, 0.29) is 5.91 Å². The summed E-state index contributed by atoms with van der Waals surface area (Å²) in [4.78, 5) is 14.5. The standard InChI is InChI=1S/C16H24N2O/c1-12(2)9-10-18(15-7-8-15)16(19)11-13-3-5-14(17)6-4-13/h3-6,12,15H,7-11,17H2,1-2H3. The average Bonchev–Trinajstić information content (AvgIpc) is 3.16. The molecule has 0 spiro atoms. The van der Waals surface area contributed by atoms with Crippen LogP contribution in [0.2, 0.25) is 0 Å². The van der Waals surface area contributed by atoms with E-state index in [1.165, 1.54) is 12.8 Å². The van der Waals surface area contributed by atoms with Crippen molar-refractivity contribution in [3.8, 4) is 0 Å². The van der Waals surface area contributed by atoms with Gasteiger partial charge in [-0.1, -0.05) is 26.0 Å². The second-order valence-electron chi connectivity index (χ2n) is 5.92. The highest BCUT2D eigenvalue weighted by molar-refractivity contribution is 5.79. The van der Waals surface area contributed by atoms with Crippen LogP contribution in [0.15, 0.2) is 24.3 Å². The first kappa shape index (κ1) is 13.9. The number of nitrogens with two attached hydrogens (primary N) is 1. The molecule has 3 nitrogen and oxygen atoms in total. The van der Waals surface area contributed by atoms with Crippen LogP contribution in [0, 0.1) is 5.92 Å². The molecular weight excluding hydrogens is 236 g/mol. The Balaban J connectivity index is 1.93. The number of nitrogen functional groups attached to an aromatic ring is 1. The molecule has 0 atom stereocenters. The van der Waals surface area contributed by atoms with Crippen molar-refractivity contribution in [2.24, 2.45) is 5.92 Å². The van der Waals surface area contributed by atoms with Gasteiger partial charge in [0.25, 0.3) is 0 Å². The smallest absolute Gasteiger partial charge is 0.227 e. The lowest BCUT2D eigenvalue weighted by molar-refractivity contribution is -0.131. The number of nitrogens with zero attached hydrogens (tertiary/aromatic N) is 1. The maximum atomic E-state index is 12.4. The lowest BCUT2D eigenvalue weighted by atomic mass is 10.1. The number of anilines is 1. The van der Waals surface area contributed by atoms with E-state index in [1.54, 1.807) is 0 Å². The lowest BCUT2D eigenvalue weighted by Gasteiger charge is -2.23. The van der Waals surface area contributed by atoms with Gasteiger partial charge in [0.05, 0.1) is 6.42 Å². The molecule has 19 heavy (non-hydrogen) atoms. The second-order valence-corrected chi connectivity index (χ2v) is 5.92. The summed E-state index contributed by atoms with van der Waals surface area (Å²) in [5.41, 5.74) is 7.46. The molecule has 3 heteroatoms. The monoisotopic (exact) mass is 260 g/mol. The zero-order valence-electron chi connectivity index (χ0n) is 11.9. The molecule has 2 N–H and O–H groups in total. The third kappa shape index (κ3) is 4.27. The summed E-state index contributed by atoms with van der Waals surface area (Å²) >= 11 is 0. The molecule has 0 aromatic heterocycles. The van der Waals surface area contributed by atoms with Crippen LogP contribution in [0.4, 0.5) is 5.69 Å². The van der Waals surface area contributed by atoms with Crippen molar-refractivity contribution >= 4 is 11.6 Å². The van der Waals surface area contributed by atoms with Crippen LogP contribution < -0.4 is 5.73 Å². The van der Waals surface area contributed by atoms with E-state index in [4.69, 9.17) is 5.73 Å². The zero-order valence-corrected chi connectivity index (χ0v) is 11.9. The van der Waals surface area contributed by atoms with E-state index >= 15 is 0 Å². The summed E-state index contributed by atoms with van der Waals surface area (Å²) in [6.07, 6.45) is 3.93. The second kappa shape index (κ2) is 6.09. The fourth-order valence-corrected chi connectivity index (χ4v) is 2.21. The molecule has 1 aliphatic rings. The minimum atomic E-state index is 0.257. The van der Waals surface area contributed by atoms with Gasteiger partial charge in [0.15, 0.2) is 0 Å². The van der Waals surface area contributed by atoms with Crippen molar-refractivity contribution in [1.29, 1.82) is 0 Å². The summed E-state index contributed by atoms with van der Waals surface area (Å²) < 4.78 is 0. The zero-order chi connectivity index (χ0) is 13.8. The molecule has 104 valence electrons. The van der Waals surface area contributed by atoms with Gasteiger partial charge in [-0.3, -0.25) is 4.79 Å². The van der Waals surface area contributed by atoms with E-state index in [0.29, 0.717) is 18.4 Å². The topological polar surface area (TPSA) is 46.3 Å².